The fourth-order valence-electron chi connectivity index (χ4n) is 3.22. The highest BCUT2D eigenvalue weighted by atomic mass is 32.2. The van der Waals surface area contributed by atoms with Crippen molar-refractivity contribution in [3.63, 3.8) is 0 Å². The normalized spacial score (nSPS) is 10.8. The van der Waals surface area contributed by atoms with Crippen LogP contribution in [0, 0.1) is 0 Å². The molecule has 0 bridgehead atoms. The topological polar surface area (TPSA) is 81.5 Å². The Morgan fingerprint density at radius 2 is 1.77 bits per heavy atom. The molecule has 0 aliphatic carbocycles. The van der Waals surface area contributed by atoms with Crippen LogP contribution in [0.2, 0.25) is 0 Å². The molecule has 7 nitrogen and oxygen atoms in total. The third-order valence-corrected chi connectivity index (χ3v) is 5.69. The number of thioether (sulfide) groups is 1. The average molecular weight is 440 g/mol. The lowest BCUT2D eigenvalue weighted by Crippen LogP contribution is -2.30. The number of nitrogens with zero attached hydrogens (tertiary/aromatic N) is 3. The van der Waals surface area contributed by atoms with Gasteiger partial charge < -0.3 is 9.64 Å². The molecular formula is C23H25N3O4S. The van der Waals surface area contributed by atoms with Crippen LogP contribution in [0.15, 0.2) is 58.5 Å². The van der Waals surface area contributed by atoms with Gasteiger partial charge in [0, 0.05) is 18.7 Å². The molecule has 1 amide bonds. The lowest BCUT2D eigenvalue weighted by Gasteiger charge is -2.19. The van der Waals surface area contributed by atoms with E-state index in [9.17, 15) is 14.4 Å². The second-order valence-electron chi connectivity index (χ2n) is 6.67. The van der Waals surface area contributed by atoms with Crippen LogP contribution in [0.4, 0.5) is 0 Å². The van der Waals surface area contributed by atoms with Crippen LogP contribution in [-0.2, 0) is 9.53 Å². The largest absolute Gasteiger partial charge is 0.465 e. The maximum Gasteiger partial charge on any atom is 0.316 e. The van der Waals surface area contributed by atoms with E-state index in [4.69, 9.17) is 4.74 Å². The van der Waals surface area contributed by atoms with E-state index in [0.717, 1.165) is 11.8 Å². The highest BCUT2D eigenvalue weighted by Gasteiger charge is 2.18. The summed E-state index contributed by atoms with van der Waals surface area (Å²) in [6, 6.07) is 14.1. The summed E-state index contributed by atoms with van der Waals surface area (Å²) >= 11 is 1.13. The van der Waals surface area contributed by atoms with Gasteiger partial charge in [0.25, 0.3) is 11.5 Å². The van der Waals surface area contributed by atoms with E-state index >= 15 is 0 Å². The Morgan fingerprint density at radius 1 is 1.06 bits per heavy atom. The molecule has 0 aliphatic heterocycles. The molecule has 0 atom stereocenters. The Morgan fingerprint density at radius 3 is 2.42 bits per heavy atom. The van der Waals surface area contributed by atoms with E-state index in [1.54, 1.807) is 30.0 Å². The van der Waals surface area contributed by atoms with Crippen molar-refractivity contribution in [1.29, 1.82) is 0 Å². The average Bonchev–Trinajstić information content (AvgIpc) is 2.79. The van der Waals surface area contributed by atoms with Gasteiger partial charge in [-0.25, -0.2) is 4.98 Å². The van der Waals surface area contributed by atoms with E-state index in [1.807, 2.05) is 44.2 Å². The second kappa shape index (κ2) is 10.3. The zero-order valence-corrected chi connectivity index (χ0v) is 18.6. The van der Waals surface area contributed by atoms with Crippen LogP contribution in [0.3, 0.4) is 0 Å². The predicted molar refractivity (Wildman–Crippen MR) is 122 cm³/mol. The number of esters is 1. The number of amides is 1. The number of carbonyl (C=O) groups is 2. The Labute approximate surface area is 185 Å². The van der Waals surface area contributed by atoms with Crippen molar-refractivity contribution >= 4 is 34.5 Å². The van der Waals surface area contributed by atoms with E-state index in [1.165, 1.54) is 4.57 Å². The first-order chi connectivity index (χ1) is 15.0. The van der Waals surface area contributed by atoms with Crippen molar-refractivity contribution in [2.24, 2.45) is 0 Å². The minimum atomic E-state index is -0.382. The third kappa shape index (κ3) is 4.96. The number of rotatable bonds is 8. The number of aromatic nitrogens is 2. The van der Waals surface area contributed by atoms with Crippen molar-refractivity contribution < 1.29 is 14.3 Å². The first kappa shape index (κ1) is 22.6. The molecule has 0 fully saturated rings. The summed E-state index contributed by atoms with van der Waals surface area (Å²) in [7, 11) is 0. The first-order valence-corrected chi connectivity index (χ1v) is 11.2. The fraction of sp³-hybridized carbons (Fsp3) is 0.304. The quantitative estimate of drug-likeness (QED) is 0.303. The Kier molecular flexibility index (Phi) is 7.46. The SMILES string of the molecule is CCOC(=O)CSc1nc2cc(C(=O)N(CC)CC)ccc2c(=O)n1-c1ccccc1. The van der Waals surface area contributed by atoms with Crippen molar-refractivity contribution in [1.82, 2.24) is 14.5 Å². The molecule has 8 heteroatoms. The minimum Gasteiger partial charge on any atom is -0.465 e. The van der Waals surface area contributed by atoms with Gasteiger partial charge in [-0.1, -0.05) is 30.0 Å². The van der Waals surface area contributed by atoms with Crippen LogP contribution in [0.5, 0.6) is 0 Å². The summed E-state index contributed by atoms with van der Waals surface area (Å²) in [5, 5.41) is 0.768. The van der Waals surface area contributed by atoms with Crippen molar-refractivity contribution in [3.05, 3.63) is 64.4 Å². The highest BCUT2D eigenvalue weighted by Crippen LogP contribution is 2.22. The van der Waals surface area contributed by atoms with Crippen LogP contribution < -0.4 is 5.56 Å². The molecule has 3 rings (SSSR count). The summed E-state index contributed by atoms with van der Waals surface area (Å²) in [5.41, 5.74) is 1.28. The standard InChI is InChI=1S/C23H25N3O4S/c1-4-25(5-2)21(28)16-12-13-18-19(14-16)24-23(31-15-20(27)30-6-3)26(22(18)29)17-10-8-7-9-11-17/h7-14H,4-6,15H2,1-3H3. The summed E-state index contributed by atoms with van der Waals surface area (Å²) in [6.45, 7) is 7.05. The smallest absolute Gasteiger partial charge is 0.316 e. The highest BCUT2D eigenvalue weighted by molar-refractivity contribution is 7.99. The molecular weight excluding hydrogens is 414 g/mol. The van der Waals surface area contributed by atoms with E-state index < -0.39 is 0 Å². The van der Waals surface area contributed by atoms with Gasteiger partial charge in [-0.05, 0) is 51.1 Å². The van der Waals surface area contributed by atoms with Gasteiger partial charge in [0.05, 0.1) is 29.0 Å². The maximum atomic E-state index is 13.3. The Hall–Kier alpha value is -3.13. The van der Waals surface area contributed by atoms with Gasteiger partial charge >= 0.3 is 5.97 Å². The van der Waals surface area contributed by atoms with Gasteiger partial charge in [0.2, 0.25) is 0 Å². The molecule has 0 spiro atoms. The summed E-state index contributed by atoms with van der Waals surface area (Å²) < 4.78 is 6.49. The predicted octanol–water partition coefficient (Wildman–Crippen LogP) is 3.52. The van der Waals surface area contributed by atoms with Crippen molar-refractivity contribution in [2.75, 3.05) is 25.4 Å². The molecule has 0 unspecified atom stereocenters. The number of benzene rings is 2. The van der Waals surface area contributed by atoms with Crippen LogP contribution in [-0.4, -0.2) is 51.8 Å². The Bertz CT molecular complexity index is 1140. The van der Waals surface area contributed by atoms with E-state index in [-0.39, 0.29) is 29.8 Å². The Balaban J connectivity index is 2.13. The number of hydrogen-bond acceptors (Lipinski definition) is 6. The maximum absolute atomic E-state index is 13.3. The number of ether oxygens (including phenoxy) is 1. The molecule has 3 aromatic rings. The molecule has 2 aromatic carbocycles. The zero-order valence-electron chi connectivity index (χ0n) is 17.8. The van der Waals surface area contributed by atoms with Gasteiger partial charge in [-0.3, -0.25) is 19.0 Å². The van der Waals surface area contributed by atoms with E-state index in [2.05, 4.69) is 4.98 Å². The van der Waals surface area contributed by atoms with Gasteiger partial charge in [0.15, 0.2) is 5.16 Å². The molecule has 162 valence electrons. The van der Waals surface area contributed by atoms with Crippen molar-refractivity contribution in [2.45, 2.75) is 25.9 Å². The first-order valence-electron chi connectivity index (χ1n) is 10.2. The summed E-state index contributed by atoms with van der Waals surface area (Å²) in [6.07, 6.45) is 0. The third-order valence-electron chi connectivity index (χ3n) is 4.78. The number of hydrogen-bond donors (Lipinski definition) is 0. The van der Waals surface area contributed by atoms with Gasteiger partial charge in [0.1, 0.15) is 0 Å². The molecule has 0 N–H and O–H groups in total. The lowest BCUT2D eigenvalue weighted by atomic mass is 10.1. The van der Waals surface area contributed by atoms with Gasteiger partial charge in [-0.2, -0.15) is 0 Å². The second-order valence-corrected chi connectivity index (χ2v) is 7.62. The number of para-hydroxylation sites is 1. The molecule has 0 saturated carbocycles. The molecule has 1 aromatic heterocycles. The minimum absolute atomic E-state index is 0.0245. The molecule has 0 radical (unpaired) electrons. The lowest BCUT2D eigenvalue weighted by molar-refractivity contribution is -0.139. The molecule has 0 saturated heterocycles. The molecule has 31 heavy (non-hydrogen) atoms. The molecule has 0 aliphatic rings. The summed E-state index contributed by atoms with van der Waals surface area (Å²) in [5.74, 6) is -0.468. The monoisotopic (exact) mass is 439 g/mol. The van der Waals surface area contributed by atoms with E-state index in [0.29, 0.717) is 40.4 Å². The van der Waals surface area contributed by atoms with Crippen LogP contribution in [0.1, 0.15) is 31.1 Å². The zero-order chi connectivity index (χ0) is 22.4. The van der Waals surface area contributed by atoms with Crippen molar-refractivity contribution in [3.8, 4) is 5.69 Å². The fourth-order valence-corrected chi connectivity index (χ4v) is 4.03. The summed E-state index contributed by atoms with van der Waals surface area (Å²) in [4.78, 5) is 44.3. The molecule has 1 heterocycles. The van der Waals surface area contributed by atoms with Crippen LogP contribution in [0.25, 0.3) is 16.6 Å². The van der Waals surface area contributed by atoms with Gasteiger partial charge in [-0.15, -0.1) is 0 Å². The number of carbonyl (C=O) groups excluding carboxylic acids is 2. The number of fused-ring (bicyclic) bond motifs is 1. The van der Waals surface area contributed by atoms with Crippen LogP contribution >= 0.6 is 11.8 Å².